The van der Waals surface area contributed by atoms with Crippen molar-refractivity contribution < 1.29 is 4.79 Å². The number of hydrogen-bond acceptors (Lipinski definition) is 4. The highest BCUT2D eigenvalue weighted by atomic mass is 16.1. The molecule has 142 valence electrons. The third-order valence-electron chi connectivity index (χ3n) is 4.83. The van der Waals surface area contributed by atoms with Gasteiger partial charge in [-0.1, -0.05) is 6.07 Å². The summed E-state index contributed by atoms with van der Waals surface area (Å²) in [6, 6.07) is 9.73. The molecule has 0 radical (unpaired) electrons. The average molecular weight is 374 g/mol. The molecule has 0 bridgehead atoms. The summed E-state index contributed by atoms with van der Waals surface area (Å²) in [5.74, 6) is 0.717. The second-order valence-corrected chi connectivity index (χ2v) is 6.96. The van der Waals surface area contributed by atoms with Crippen LogP contribution >= 0.6 is 0 Å². The topological polar surface area (TPSA) is 77.6 Å². The largest absolute Gasteiger partial charge is 0.326 e. The summed E-state index contributed by atoms with van der Waals surface area (Å²) in [5, 5.41) is 8.21. The molecule has 0 saturated heterocycles. The number of hydrogen-bond donors (Lipinski definition) is 1. The van der Waals surface area contributed by atoms with Gasteiger partial charge in [-0.15, -0.1) is 0 Å². The standard InChI is InChI=1S/C21H22N6O/c1-13-18(12-26(4)25-13)14(2)27-10-9-22-21(27)20-7-5-16-11-17(23-15(3)28)6-8-19(16)24-20/h5-12,14H,1-4H3,(H,23,28). The smallest absolute Gasteiger partial charge is 0.221 e. The first-order valence-corrected chi connectivity index (χ1v) is 9.14. The number of nitrogens with one attached hydrogen (secondary N) is 1. The van der Waals surface area contributed by atoms with E-state index in [9.17, 15) is 4.79 Å². The summed E-state index contributed by atoms with van der Waals surface area (Å²) in [7, 11) is 1.93. The Morgan fingerprint density at radius 3 is 2.75 bits per heavy atom. The maximum Gasteiger partial charge on any atom is 0.221 e. The van der Waals surface area contributed by atoms with Gasteiger partial charge in [-0.25, -0.2) is 9.97 Å². The van der Waals surface area contributed by atoms with Crippen LogP contribution in [0.1, 0.15) is 31.1 Å². The molecular formula is C21H22N6O. The molecule has 7 heteroatoms. The van der Waals surface area contributed by atoms with Gasteiger partial charge in [0.1, 0.15) is 5.69 Å². The van der Waals surface area contributed by atoms with E-state index < -0.39 is 0 Å². The Hall–Kier alpha value is -3.48. The van der Waals surface area contributed by atoms with E-state index in [1.54, 1.807) is 6.20 Å². The van der Waals surface area contributed by atoms with Crippen molar-refractivity contribution in [3.8, 4) is 11.5 Å². The highest BCUT2D eigenvalue weighted by Gasteiger charge is 2.18. The summed E-state index contributed by atoms with van der Waals surface area (Å²) in [4.78, 5) is 20.6. The lowest BCUT2D eigenvalue weighted by atomic mass is 10.1. The maximum atomic E-state index is 11.3. The van der Waals surface area contributed by atoms with Crippen LogP contribution in [0.2, 0.25) is 0 Å². The summed E-state index contributed by atoms with van der Waals surface area (Å²) in [6.45, 7) is 5.65. The molecule has 3 heterocycles. The van der Waals surface area contributed by atoms with E-state index in [4.69, 9.17) is 4.98 Å². The molecule has 3 aromatic heterocycles. The summed E-state index contributed by atoms with van der Waals surface area (Å²) < 4.78 is 3.95. The van der Waals surface area contributed by atoms with E-state index in [0.29, 0.717) is 0 Å². The number of anilines is 1. The van der Waals surface area contributed by atoms with E-state index in [1.807, 2.05) is 61.4 Å². The lowest BCUT2D eigenvalue weighted by molar-refractivity contribution is -0.114. The minimum atomic E-state index is -0.0920. The number of benzene rings is 1. The van der Waals surface area contributed by atoms with Gasteiger partial charge >= 0.3 is 0 Å². The highest BCUT2D eigenvalue weighted by molar-refractivity contribution is 5.92. The van der Waals surface area contributed by atoms with Gasteiger partial charge in [0, 0.05) is 49.2 Å². The molecule has 0 aliphatic rings. The lowest BCUT2D eigenvalue weighted by Crippen LogP contribution is -2.09. The van der Waals surface area contributed by atoms with E-state index in [-0.39, 0.29) is 11.9 Å². The number of aryl methyl sites for hydroxylation is 2. The van der Waals surface area contributed by atoms with Gasteiger partial charge in [-0.2, -0.15) is 5.10 Å². The predicted octanol–water partition coefficient (Wildman–Crippen LogP) is 3.71. The third-order valence-corrected chi connectivity index (χ3v) is 4.83. The summed E-state index contributed by atoms with van der Waals surface area (Å²) in [5.41, 5.74) is 4.58. The predicted molar refractivity (Wildman–Crippen MR) is 109 cm³/mol. The Bertz CT molecular complexity index is 1170. The molecule has 7 nitrogen and oxygen atoms in total. The molecule has 4 aromatic rings. The van der Waals surface area contributed by atoms with Crippen LogP contribution in [0.25, 0.3) is 22.4 Å². The molecule has 1 unspecified atom stereocenters. The molecule has 1 amide bonds. The van der Waals surface area contributed by atoms with E-state index in [1.165, 1.54) is 6.92 Å². The SMILES string of the molecule is CC(=O)Nc1ccc2nc(-c3nccn3C(C)c3cn(C)nc3C)ccc2c1. The van der Waals surface area contributed by atoms with Crippen LogP contribution in [-0.4, -0.2) is 30.2 Å². The van der Waals surface area contributed by atoms with Crippen LogP contribution in [0.4, 0.5) is 5.69 Å². The normalized spacial score (nSPS) is 12.3. The number of fused-ring (bicyclic) bond motifs is 1. The van der Waals surface area contributed by atoms with Gasteiger partial charge in [0.05, 0.1) is 17.3 Å². The van der Waals surface area contributed by atoms with Crippen molar-refractivity contribution in [2.45, 2.75) is 26.8 Å². The fourth-order valence-corrected chi connectivity index (χ4v) is 3.53. The Kier molecular flexibility index (Phi) is 4.43. The molecule has 4 rings (SSSR count). The third kappa shape index (κ3) is 3.26. The number of nitrogens with zero attached hydrogens (tertiary/aromatic N) is 5. The van der Waals surface area contributed by atoms with Gasteiger partial charge in [0.2, 0.25) is 5.91 Å². The zero-order chi connectivity index (χ0) is 19.8. The van der Waals surface area contributed by atoms with Crippen LogP contribution in [0, 0.1) is 6.92 Å². The second kappa shape index (κ2) is 6.92. The molecule has 1 N–H and O–H groups in total. The maximum absolute atomic E-state index is 11.3. The van der Waals surface area contributed by atoms with Gasteiger partial charge < -0.3 is 9.88 Å². The first-order chi connectivity index (χ1) is 13.4. The van der Waals surface area contributed by atoms with Crippen LogP contribution in [0.15, 0.2) is 48.9 Å². The fraction of sp³-hybridized carbons (Fsp3) is 0.238. The molecule has 0 aliphatic heterocycles. The number of aromatic nitrogens is 5. The lowest BCUT2D eigenvalue weighted by Gasteiger charge is -2.16. The van der Waals surface area contributed by atoms with Crippen molar-refractivity contribution in [1.82, 2.24) is 24.3 Å². The number of pyridine rings is 1. The minimum Gasteiger partial charge on any atom is -0.326 e. The first-order valence-electron chi connectivity index (χ1n) is 9.14. The van der Waals surface area contributed by atoms with Crippen molar-refractivity contribution in [1.29, 1.82) is 0 Å². The monoisotopic (exact) mass is 374 g/mol. The second-order valence-electron chi connectivity index (χ2n) is 6.96. The summed E-state index contributed by atoms with van der Waals surface area (Å²) in [6.07, 6.45) is 5.81. The van der Waals surface area contributed by atoms with Gasteiger partial charge in [-0.3, -0.25) is 9.48 Å². The van der Waals surface area contributed by atoms with Crippen molar-refractivity contribution in [3.63, 3.8) is 0 Å². The van der Waals surface area contributed by atoms with Crippen molar-refractivity contribution in [2.24, 2.45) is 7.05 Å². The molecular weight excluding hydrogens is 352 g/mol. The highest BCUT2D eigenvalue weighted by Crippen LogP contribution is 2.27. The van der Waals surface area contributed by atoms with Crippen molar-refractivity contribution >= 4 is 22.5 Å². The van der Waals surface area contributed by atoms with Crippen LogP contribution < -0.4 is 5.32 Å². The van der Waals surface area contributed by atoms with Crippen LogP contribution in [-0.2, 0) is 11.8 Å². The quantitative estimate of drug-likeness (QED) is 0.591. The van der Waals surface area contributed by atoms with Crippen molar-refractivity contribution in [2.75, 3.05) is 5.32 Å². The molecule has 0 saturated carbocycles. The first kappa shape index (κ1) is 17.9. The van der Waals surface area contributed by atoms with Gasteiger partial charge in [0.25, 0.3) is 0 Å². The van der Waals surface area contributed by atoms with Gasteiger partial charge in [-0.05, 0) is 38.1 Å². The zero-order valence-electron chi connectivity index (χ0n) is 16.3. The average Bonchev–Trinajstić information content (AvgIpc) is 3.26. The zero-order valence-corrected chi connectivity index (χ0v) is 16.3. The Morgan fingerprint density at radius 1 is 1.21 bits per heavy atom. The molecule has 1 aromatic carbocycles. The minimum absolute atomic E-state index is 0.0887. The van der Waals surface area contributed by atoms with Gasteiger partial charge in [0.15, 0.2) is 5.82 Å². The number of carbonyl (C=O) groups is 1. The van der Waals surface area contributed by atoms with Crippen LogP contribution in [0.5, 0.6) is 0 Å². The van der Waals surface area contributed by atoms with E-state index >= 15 is 0 Å². The summed E-state index contributed by atoms with van der Waals surface area (Å²) >= 11 is 0. The Morgan fingerprint density at radius 2 is 2.04 bits per heavy atom. The molecule has 28 heavy (non-hydrogen) atoms. The Labute approximate surface area is 163 Å². The number of carbonyl (C=O) groups excluding carboxylic acids is 1. The molecule has 0 spiro atoms. The fourth-order valence-electron chi connectivity index (χ4n) is 3.53. The molecule has 0 aliphatic carbocycles. The van der Waals surface area contributed by atoms with E-state index in [0.717, 1.165) is 39.4 Å². The van der Waals surface area contributed by atoms with Crippen molar-refractivity contribution in [3.05, 3.63) is 60.2 Å². The number of rotatable bonds is 4. The molecule has 0 fully saturated rings. The van der Waals surface area contributed by atoms with Crippen LogP contribution in [0.3, 0.4) is 0 Å². The van der Waals surface area contributed by atoms with E-state index in [2.05, 4.69) is 26.9 Å². The Balaban J connectivity index is 1.72. The molecule has 1 atom stereocenters. The number of amides is 1. The number of imidazole rings is 1.